The number of aromatic nitrogens is 6. The van der Waals surface area contributed by atoms with Crippen LogP contribution in [-0.4, -0.2) is 61.8 Å². The quantitative estimate of drug-likeness (QED) is 0.309. The highest BCUT2D eigenvalue weighted by Gasteiger charge is 2.36. The van der Waals surface area contributed by atoms with Gasteiger partial charge in [0.05, 0.1) is 55.3 Å². The van der Waals surface area contributed by atoms with Crippen molar-refractivity contribution in [3.05, 3.63) is 65.4 Å². The van der Waals surface area contributed by atoms with Crippen molar-refractivity contribution < 1.29 is 14.3 Å². The van der Waals surface area contributed by atoms with Crippen LogP contribution < -0.4 is 4.74 Å². The van der Waals surface area contributed by atoms with Gasteiger partial charge in [-0.25, -0.2) is 19.9 Å². The molecule has 0 amide bonds. The lowest BCUT2D eigenvalue weighted by Gasteiger charge is -2.32. The van der Waals surface area contributed by atoms with Crippen molar-refractivity contribution in [1.29, 1.82) is 5.26 Å². The lowest BCUT2D eigenvalue weighted by atomic mass is 9.74. The third-order valence-corrected chi connectivity index (χ3v) is 7.95. The van der Waals surface area contributed by atoms with Crippen LogP contribution in [-0.2, 0) is 16.0 Å². The van der Waals surface area contributed by atoms with E-state index < -0.39 is 5.92 Å². The van der Waals surface area contributed by atoms with E-state index in [4.69, 9.17) is 14.5 Å². The van der Waals surface area contributed by atoms with Crippen LogP contribution in [0.2, 0.25) is 0 Å². The molecule has 0 aromatic carbocycles. The van der Waals surface area contributed by atoms with Gasteiger partial charge in [0, 0.05) is 30.6 Å². The van der Waals surface area contributed by atoms with Gasteiger partial charge in [-0.3, -0.25) is 19.8 Å². The number of methoxy groups -OCH3 is 1. The predicted molar refractivity (Wildman–Crippen MR) is 159 cm³/mol. The molecule has 3 aromatic heterocycles. The molecule has 0 saturated heterocycles. The molecule has 3 aromatic rings. The van der Waals surface area contributed by atoms with Crippen molar-refractivity contribution in [1.82, 2.24) is 29.9 Å². The molecule has 1 fully saturated rings. The Bertz CT molecular complexity index is 1540. The molecule has 0 radical (unpaired) electrons. The van der Waals surface area contributed by atoms with Crippen LogP contribution >= 0.6 is 0 Å². The number of rotatable bonds is 10. The Kier molecular flexibility index (Phi) is 9.45. The summed E-state index contributed by atoms with van der Waals surface area (Å²) in [5, 5.41) is 9.60. The zero-order valence-corrected chi connectivity index (χ0v) is 25.0. The molecule has 4 heterocycles. The molecular formula is C32H36N8O3. The predicted octanol–water partition coefficient (Wildman–Crippen LogP) is 4.68. The molecule has 11 nitrogen and oxygen atoms in total. The van der Waals surface area contributed by atoms with Crippen molar-refractivity contribution in [3.8, 4) is 23.3 Å². The minimum atomic E-state index is -0.499. The van der Waals surface area contributed by atoms with Gasteiger partial charge in [-0.15, -0.1) is 0 Å². The summed E-state index contributed by atoms with van der Waals surface area (Å²) in [5.41, 5.74) is 4.79. The van der Waals surface area contributed by atoms with E-state index in [1.54, 1.807) is 31.0 Å². The zero-order chi connectivity index (χ0) is 30.3. The first kappa shape index (κ1) is 29.9. The molecule has 1 aliphatic heterocycles. The molecular weight excluding hydrogens is 544 g/mol. The number of hydrogen-bond donors (Lipinski definition) is 0. The monoisotopic (exact) mass is 580 g/mol. The maximum absolute atomic E-state index is 13.4. The van der Waals surface area contributed by atoms with E-state index in [1.165, 1.54) is 7.11 Å². The molecule has 1 saturated carbocycles. The van der Waals surface area contributed by atoms with E-state index in [9.17, 15) is 10.1 Å². The lowest BCUT2D eigenvalue weighted by molar-refractivity contribution is -0.148. The van der Waals surface area contributed by atoms with E-state index in [1.807, 2.05) is 26.8 Å². The molecule has 0 bridgehead atoms. The van der Waals surface area contributed by atoms with Gasteiger partial charge in [-0.2, -0.15) is 5.26 Å². The van der Waals surface area contributed by atoms with Gasteiger partial charge in [0.25, 0.3) is 0 Å². The van der Waals surface area contributed by atoms with E-state index in [2.05, 4.69) is 36.0 Å². The standard InChI is InChI=1S/C32H36N8O3/c1-19(2)18-43-31(41)28(26-17-35-25(16-36-26)24-14-38-32(42-4)39-15-24)22-7-5-21(6-8-22)11-27-37-13-23(12-33)30(40-27)29-20(3)9-10-34-29/h9,13-17,19,21-22,28H,5-8,10-11,18H2,1-4H3. The highest BCUT2D eigenvalue weighted by atomic mass is 16.5. The summed E-state index contributed by atoms with van der Waals surface area (Å²) in [6, 6.07) is 2.48. The topological polar surface area (TPSA) is 149 Å². The second-order valence-electron chi connectivity index (χ2n) is 11.5. The summed E-state index contributed by atoms with van der Waals surface area (Å²) in [4.78, 5) is 44.7. The van der Waals surface area contributed by atoms with Crippen LogP contribution in [0.3, 0.4) is 0 Å². The first-order chi connectivity index (χ1) is 20.9. The fraction of sp³-hybridized carbons (Fsp3) is 0.469. The summed E-state index contributed by atoms with van der Waals surface area (Å²) < 4.78 is 10.8. The minimum Gasteiger partial charge on any atom is -0.467 e. The molecule has 222 valence electrons. The summed E-state index contributed by atoms with van der Waals surface area (Å²) >= 11 is 0. The van der Waals surface area contributed by atoms with Gasteiger partial charge in [0.2, 0.25) is 0 Å². The van der Waals surface area contributed by atoms with E-state index in [0.29, 0.717) is 53.7 Å². The Balaban J connectivity index is 1.29. The van der Waals surface area contributed by atoms with E-state index >= 15 is 0 Å². The van der Waals surface area contributed by atoms with E-state index in [-0.39, 0.29) is 23.8 Å². The van der Waals surface area contributed by atoms with Crippen LogP contribution in [0.1, 0.15) is 75.1 Å². The summed E-state index contributed by atoms with van der Waals surface area (Å²) in [7, 11) is 1.51. The Morgan fingerprint density at radius 1 is 1.02 bits per heavy atom. The summed E-state index contributed by atoms with van der Waals surface area (Å²) in [6.45, 7) is 7.00. The highest BCUT2D eigenvalue weighted by Crippen LogP contribution is 2.39. The van der Waals surface area contributed by atoms with Crippen molar-refractivity contribution >= 4 is 11.7 Å². The van der Waals surface area contributed by atoms with Crippen LogP contribution in [0.5, 0.6) is 6.01 Å². The first-order valence-corrected chi connectivity index (χ1v) is 14.7. The maximum atomic E-state index is 13.4. The maximum Gasteiger partial charge on any atom is 0.316 e. The van der Waals surface area contributed by atoms with Gasteiger partial charge >= 0.3 is 12.0 Å². The normalized spacial score (nSPS) is 18.9. The van der Waals surface area contributed by atoms with Gasteiger partial charge < -0.3 is 9.47 Å². The third-order valence-electron chi connectivity index (χ3n) is 7.95. The second kappa shape index (κ2) is 13.6. The van der Waals surface area contributed by atoms with Gasteiger partial charge in [0.1, 0.15) is 23.5 Å². The van der Waals surface area contributed by atoms with Crippen molar-refractivity contribution in [3.63, 3.8) is 0 Å². The molecule has 0 spiro atoms. The molecule has 5 rings (SSSR count). The van der Waals surface area contributed by atoms with Gasteiger partial charge in [-0.05, 0) is 55.9 Å². The molecule has 1 aliphatic carbocycles. The number of carbonyl (C=O) groups is 1. The molecule has 2 aliphatic rings. The van der Waals surface area contributed by atoms with Gasteiger partial charge in [0.15, 0.2) is 0 Å². The van der Waals surface area contributed by atoms with Crippen LogP contribution in [0.25, 0.3) is 11.3 Å². The number of nitriles is 1. The van der Waals surface area contributed by atoms with Crippen LogP contribution in [0.4, 0.5) is 0 Å². The van der Waals surface area contributed by atoms with Crippen molar-refractivity contribution in [2.24, 2.45) is 22.7 Å². The molecule has 0 N–H and O–H groups in total. The average Bonchev–Trinajstić information content (AvgIpc) is 3.47. The SMILES string of the molecule is COc1ncc(-c2cnc(C(C(=O)OCC(C)C)C3CCC(Cc4ncc(C#N)c(C5=NCC=C5C)n4)CC3)cn2)cn1. The number of hydrogen-bond acceptors (Lipinski definition) is 11. The van der Waals surface area contributed by atoms with Crippen molar-refractivity contribution in [2.45, 2.75) is 58.8 Å². The fourth-order valence-corrected chi connectivity index (χ4v) is 5.61. The second-order valence-corrected chi connectivity index (χ2v) is 11.5. The van der Waals surface area contributed by atoms with E-state index in [0.717, 1.165) is 42.8 Å². The smallest absolute Gasteiger partial charge is 0.316 e. The molecule has 11 heteroatoms. The van der Waals surface area contributed by atoms with Crippen LogP contribution in [0, 0.1) is 29.1 Å². The fourth-order valence-electron chi connectivity index (χ4n) is 5.61. The Morgan fingerprint density at radius 2 is 1.79 bits per heavy atom. The lowest BCUT2D eigenvalue weighted by Crippen LogP contribution is -2.30. The van der Waals surface area contributed by atoms with Crippen LogP contribution in [0.15, 0.2) is 47.6 Å². The van der Waals surface area contributed by atoms with Gasteiger partial charge in [-0.1, -0.05) is 19.9 Å². The summed E-state index contributed by atoms with van der Waals surface area (Å²) in [6.07, 6.45) is 14.5. The first-order valence-electron chi connectivity index (χ1n) is 14.7. The number of esters is 1. The number of carbonyl (C=O) groups excluding carboxylic acids is 1. The summed E-state index contributed by atoms with van der Waals surface area (Å²) in [5.74, 6) is 0.648. The largest absolute Gasteiger partial charge is 0.467 e. The minimum absolute atomic E-state index is 0.0819. The Hall–Kier alpha value is -4.59. The number of nitrogens with zero attached hydrogens (tertiary/aromatic N) is 8. The number of ether oxygens (including phenoxy) is 2. The average molecular weight is 581 g/mol. The van der Waals surface area contributed by atoms with Crippen molar-refractivity contribution in [2.75, 3.05) is 20.3 Å². The Morgan fingerprint density at radius 3 is 2.40 bits per heavy atom. The Labute approximate surface area is 251 Å². The molecule has 1 unspecified atom stereocenters. The number of aliphatic imine (C=N–C) groups is 1. The molecule has 43 heavy (non-hydrogen) atoms. The third kappa shape index (κ3) is 7.08. The molecule has 1 atom stereocenters. The highest BCUT2D eigenvalue weighted by molar-refractivity contribution is 6.13. The zero-order valence-electron chi connectivity index (χ0n) is 25.0. The number of allylic oxidation sites excluding steroid dienone is 1.